The molecule has 2 N–H and O–H groups in total. The number of aliphatic hydroxyl groups is 1. The molecule has 3 aliphatic heterocycles. The van der Waals surface area contributed by atoms with Crippen LogP contribution in [-0.2, 0) is 0 Å². The summed E-state index contributed by atoms with van der Waals surface area (Å²) in [6.45, 7) is 6.24. The number of nitrogens with zero attached hydrogens (tertiary/aromatic N) is 5. The lowest BCUT2D eigenvalue weighted by Crippen LogP contribution is -2.45. The Morgan fingerprint density at radius 1 is 1.14 bits per heavy atom. The van der Waals surface area contributed by atoms with Crippen molar-refractivity contribution in [3.8, 4) is 0 Å². The van der Waals surface area contributed by atoms with Gasteiger partial charge in [-0.3, -0.25) is 10.1 Å². The summed E-state index contributed by atoms with van der Waals surface area (Å²) in [4.78, 5) is 13.0. The summed E-state index contributed by atoms with van der Waals surface area (Å²) in [5.41, 5.74) is 1.80. The molecule has 0 unspecified atom stereocenters. The van der Waals surface area contributed by atoms with Crippen LogP contribution in [0, 0.1) is 0 Å². The van der Waals surface area contributed by atoms with Crippen LogP contribution in [0.15, 0.2) is 44.6 Å². The second-order valence-electron chi connectivity index (χ2n) is 5.77. The molecule has 0 aromatic rings. The minimum absolute atomic E-state index is 0.0281. The van der Waals surface area contributed by atoms with Crippen molar-refractivity contribution in [2.45, 2.75) is 6.92 Å². The van der Waals surface area contributed by atoms with Gasteiger partial charge < -0.3 is 10.0 Å². The first-order valence-electron chi connectivity index (χ1n) is 7.37. The minimum atomic E-state index is 0.0281. The van der Waals surface area contributed by atoms with E-state index in [9.17, 15) is 10.3 Å². The van der Waals surface area contributed by atoms with Gasteiger partial charge in [0.2, 0.25) is 0 Å². The van der Waals surface area contributed by atoms with Crippen LogP contribution >= 0.6 is 0 Å². The molecule has 7 heteroatoms. The summed E-state index contributed by atoms with van der Waals surface area (Å²) in [7, 11) is 2.11. The standard InChI is InChI=1S/C15H21N5O2/c1-11-14(21)13(15-16-3-4-17-15)12(10-20(11)22)9-19-7-5-18(2)6-8-19/h3-4,10,21-22H,5-9H2,1-2H3. The summed E-state index contributed by atoms with van der Waals surface area (Å²) < 4.78 is 0. The van der Waals surface area contributed by atoms with Gasteiger partial charge in [0.25, 0.3) is 0 Å². The van der Waals surface area contributed by atoms with Crippen LogP contribution in [0.3, 0.4) is 0 Å². The molecule has 7 nitrogen and oxygen atoms in total. The smallest absolute Gasteiger partial charge is 0.163 e. The highest BCUT2D eigenvalue weighted by molar-refractivity contribution is 6.18. The maximum atomic E-state index is 10.4. The third-order valence-corrected chi connectivity index (χ3v) is 4.20. The molecule has 0 bridgehead atoms. The van der Waals surface area contributed by atoms with Gasteiger partial charge in [0.15, 0.2) is 5.82 Å². The van der Waals surface area contributed by atoms with Crippen molar-refractivity contribution < 1.29 is 10.3 Å². The van der Waals surface area contributed by atoms with E-state index in [2.05, 4.69) is 26.8 Å². The molecule has 0 aromatic heterocycles. The van der Waals surface area contributed by atoms with Crippen LogP contribution in [0.1, 0.15) is 6.92 Å². The number of likely N-dealkylation sites (N-methyl/N-ethyl adjacent to an activating group) is 1. The number of aliphatic imine (C=N–C) groups is 2. The van der Waals surface area contributed by atoms with Crippen LogP contribution in [0.4, 0.5) is 0 Å². The first-order valence-corrected chi connectivity index (χ1v) is 7.37. The fourth-order valence-electron chi connectivity index (χ4n) is 2.74. The van der Waals surface area contributed by atoms with Gasteiger partial charge in [0.05, 0.1) is 11.3 Å². The van der Waals surface area contributed by atoms with Crippen LogP contribution in [-0.4, -0.2) is 77.4 Å². The zero-order valence-corrected chi connectivity index (χ0v) is 12.9. The Hall–Kier alpha value is -1.96. The van der Waals surface area contributed by atoms with Crippen molar-refractivity contribution in [3.63, 3.8) is 0 Å². The number of piperazine rings is 1. The molecule has 0 aromatic carbocycles. The van der Waals surface area contributed by atoms with Crippen LogP contribution in [0.5, 0.6) is 0 Å². The van der Waals surface area contributed by atoms with E-state index in [1.807, 2.05) is 0 Å². The number of hydrogen-bond donors (Lipinski definition) is 2. The van der Waals surface area contributed by atoms with Crippen molar-refractivity contribution in [2.24, 2.45) is 9.98 Å². The Balaban J connectivity index is 1.88. The molecule has 22 heavy (non-hydrogen) atoms. The van der Waals surface area contributed by atoms with Crippen LogP contribution in [0.25, 0.3) is 0 Å². The maximum absolute atomic E-state index is 10.4. The summed E-state index contributed by atoms with van der Waals surface area (Å²) in [6.07, 6.45) is 4.84. The normalized spacial score (nSPS) is 23.8. The highest BCUT2D eigenvalue weighted by atomic mass is 16.5. The largest absolute Gasteiger partial charge is 0.505 e. The molecule has 1 saturated heterocycles. The summed E-state index contributed by atoms with van der Waals surface area (Å²) in [6, 6.07) is 0. The maximum Gasteiger partial charge on any atom is 0.163 e. The highest BCUT2D eigenvalue weighted by Gasteiger charge is 2.27. The Kier molecular flexibility index (Phi) is 4.10. The first-order chi connectivity index (χ1) is 10.6. The monoisotopic (exact) mass is 303 g/mol. The van der Waals surface area contributed by atoms with Gasteiger partial charge in [-0.2, -0.15) is 0 Å². The van der Waals surface area contributed by atoms with Gasteiger partial charge >= 0.3 is 0 Å². The second-order valence-corrected chi connectivity index (χ2v) is 5.77. The third-order valence-electron chi connectivity index (χ3n) is 4.20. The molecule has 0 saturated carbocycles. The van der Waals surface area contributed by atoms with E-state index in [1.54, 1.807) is 25.6 Å². The molecular weight excluding hydrogens is 282 g/mol. The van der Waals surface area contributed by atoms with E-state index < -0.39 is 0 Å². The molecule has 0 amide bonds. The fraction of sp³-hybridized carbons (Fsp3) is 0.467. The quantitative estimate of drug-likeness (QED) is 0.795. The number of allylic oxidation sites excluding steroid dienone is 2. The van der Waals surface area contributed by atoms with E-state index in [0.717, 1.165) is 36.8 Å². The molecule has 0 radical (unpaired) electrons. The van der Waals surface area contributed by atoms with Crippen molar-refractivity contribution in [2.75, 3.05) is 39.8 Å². The number of hydroxylamine groups is 2. The zero-order valence-electron chi connectivity index (χ0n) is 12.9. The van der Waals surface area contributed by atoms with Gasteiger partial charge in [-0.15, -0.1) is 0 Å². The lowest BCUT2D eigenvalue weighted by atomic mass is 10.00. The Bertz CT molecular complexity index is 595. The SMILES string of the molecule is CC1=C(O)C(=C2N=CC=N2)C(CN2CCN(C)CC2)=CN1O. The molecule has 3 heterocycles. The lowest BCUT2D eigenvalue weighted by Gasteiger charge is -2.34. The Labute approximate surface area is 129 Å². The summed E-state index contributed by atoms with van der Waals surface area (Å²) in [5.74, 6) is 0.519. The molecule has 0 spiro atoms. The molecular formula is C15H21N5O2. The van der Waals surface area contributed by atoms with Crippen molar-refractivity contribution in [1.29, 1.82) is 0 Å². The van der Waals surface area contributed by atoms with Crippen molar-refractivity contribution in [1.82, 2.24) is 14.9 Å². The number of hydrogen-bond acceptors (Lipinski definition) is 7. The number of rotatable bonds is 2. The molecule has 3 aliphatic rings. The highest BCUT2D eigenvalue weighted by Crippen LogP contribution is 2.32. The van der Waals surface area contributed by atoms with Crippen molar-refractivity contribution in [3.05, 3.63) is 34.6 Å². The van der Waals surface area contributed by atoms with Gasteiger partial charge in [-0.05, 0) is 19.5 Å². The van der Waals surface area contributed by atoms with E-state index in [1.165, 1.54) is 0 Å². The molecule has 118 valence electrons. The average molecular weight is 303 g/mol. The van der Waals surface area contributed by atoms with Crippen molar-refractivity contribution >= 4 is 12.4 Å². The third kappa shape index (κ3) is 2.83. The fourth-order valence-corrected chi connectivity index (χ4v) is 2.74. The molecule has 3 rings (SSSR count). The van der Waals surface area contributed by atoms with Gasteiger partial charge in [-0.25, -0.2) is 15.0 Å². The van der Waals surface area contributed by atoms with E-state index in [4.69, 9.17) is 0 Å². The summed E-state index contributed by atoms with van der Waals surface area (Å²) in [5, 5.41) is 21.3. The van der Waals surface area contributed by atoms with Gasteiger partial charge in [0, 0.05) is 51.4 Å². The molecule has 0 atom stereocenters. The van der Waals surface area contributed by atoms with Crippen LogP contribution < -0.4 is 0 Å². The minimum Gasteiger partial charge on any atom is -0.505 e. The predicted molar refractivity (Wildman–Crippen MR) is 85.0 cm³/mol. The summed E-state index contributed by atoms with van der Waals surface area (Å²) >= 11 is 0. The van der Waals surface area contributed by atoms with Crippen LogP contribution in [0.2, 0.25) is 0 Å². The Morgan fingerprint density at radius 3 is 2.41 bits per heavy atom. The topological polar surface area (TPSA) is 74.9 Å². The predicted octanol–water partition coefficient (Wildman–Crippen LogP) is 0.979. The van der Waals surface area contributed by atoms with Gasteiger partial charge in [-0.1, -0.05) is 0 Å². The average Bonchev–Trinajstić information content (AvgIpc) is 3.01. The molecule has 0 aliphatic carbocycles. The van der Waals surface area contributed by atoms with E-state index in [-0.39, 0.29) is 5.76 Å². The molecule has 1 fully saturated rings. The number of aliphatic hydroxyl groups excluding tert-OH is 1. The van der Waals surface area contributed by atoms with E-state index >= 15 is 0 Å². The first kappa shape index (κ1) is 15.0. The second kappa shape index (κ2) is 6.04. The lowest BCUT2D eigenvalue weighted by molar-refractivity contribution is -0.0111. The Morgan fingerprint density at radius 2 is 1.77 bits per heavy atom. The zero-order chi connectivity index (χ0) is 15.7. The van der Waals surface area contributed by atoms with Gasteiger partial charge in [0.1, 0.15) is 5.76 Å². The van der Waals surface area contributed by atoms with E-state index in [0.29, 0.717) is 23.6 Å².